The summed E-state index contributed by atoms with van der Waals surface area (Å²) < 4.78 is 16.3. The maximum atomic E-state index is 12.7. The third-order valence-corrected chi connectivity index (χ3v) is 6.23. The molecule has 0 radical (unpaired) electrons. The second kappa shape index (κ2) is 8.69. The Bertz CT molecular complexity index is 951. The second-order valence-corrected chi connectivity index (χ2v) is 8.05. The smallest absolute Gasteiger partial charge is 0.341 e. The zero-order valence-electron chi connectivity index (χ0n) is 16.3. The number of esters is 1. The van der Waals surface area contributed by atoms with Crippen LogP contribution in [-0.4, -0.2) is 18.5 Å². The Kier molecular flexibility index (Phi) is 5.85. The number of rotatable bonds is 5. The maximum absolute atomic E-state index is 12.7. The Morgan fingerprint density at radius 1 is 1.17 bits per heavy atom. The van der Waals surface area contributed by atoms with Crippen molar-refractivity contribution in [2.24, 2.45) is 0 Å². The van der Waals surface area contributed by atoms with E-state index in [1.165, 1.54) is 23.9 Å². The summed E-state index contributed by atoms with van der Waals surface area (Å²) in [6.45, 7) is 2.06. The van der Waals surface area contributed by atoms with E-state index in [2.05, 4.69) is 11.4 Å². The Labute approximate surface area is 173 Å². The number of anilines is 1. The van der Waals surface area contributed by atoms with Crippen molar-refractivity contribution in [3.8, 4) is 0 Å². The van der Waals surface area contributed by atoms with Gasteiger partial charge < -0.3 is 19.5 Å². The molecule has 0 spiro atoms. The average molecular weight is 413 g/mol. The molecule has 0 atom stereocenters. The van der Waals surface area contributed by atoms with Crippen molar-refractivity contribution in [3.63, 3.8) is 0 Å². The van der Waals surface area contributed by atoms with Crippen LogP contribution in [-0.2, 0) is 31.8 Å². The van der Waals surface area contributed by atoms with Crippen LogP contribution in [0.3, 0.4) is 0 Å². The summed E-state index contributed by atoms with van der Waals surface area (Å²) in [4.78, 5) is 26.4. The van der Waals surface area contributed by atoms with E-state index in [0.29, 0.717) is 16.3 Å². The van der Waals surface area contributed by atoms with Crippen LogP contribution in [0.25, 0.3) is 0 Å². The number of allylic oxidation sites excluding steroid dienone is 4. The highest BCUT2D eigenvalue weighted by Gasteiger charge is 2.28. The van der Waals surface area contributed by atoms with E-state index >= 15 is 0 Å². The van der Waals surface area contributed by atoms with Gasteiger partial charge in [-0.1, -0.05) is 18.2 Å². The quantitative estimate of drug-likeness (QED) is 0.706. The maximum Gasteiger partial charge on any atom is 0.341 e. The largest absolute Gasteiger partial charge is 0.462 e. The Balaban J connectivity index is 1.49. The minimum Gasteiger partial charge on any atom is -0.462 e. The van der Waals surface area contributed by atoms with Crippen LogP contribution in [0.4, 0.5) is 5.00 Å². The van der Waals surface area contributed by atoms with Gasteiger partial charge >= 0.3 is 5.97 Å². The minimum atomic E-state index is -0.457. The topological polar surface area (TPSA) is 73.9 Å². The van der Waals surface area contributed by atoms with Gasteiger partial charge in [0.15, 0.2) is 5.76 Å². The fourth-order valence-corrected chi connectivity index (χ4v) is 4.87. The van der Waals surface area contributed by atoms with Gasteiger partial charge in [-0.05, 0) is 56.6 Å². The number of ether oxygens (including phenoxy) is 3. The van der Waals surface area contributed by atoms with E-state index in [9.17, 15) is 9.59 Å². The van der Waals surface area contributed by atoms with Crippen molar-refractivity contribution in [2.45, 2.75) is 45.4 Å². The fraction of sp³-hybridized carbons (Fsp3) is 0.364. The number of carbonyl (C=O) groups excluding carboxylic acids is 2. The van der Waals surface area contributed by atoms with Crippen LogP contribution in [0.1, 0.15) is 53.4 Å². The van der Waals surface area contributed by atoms with Gasteiger partial charge in [0.2, 0.25) is 5.76 Å². The Morgan fingerprint density at radius 2 is 2.03 bits per heavy atom. The third kappa shape index (κ3) is 4.15. The molecular formula is C22H23NO5S. The number of amides is 1. The molecule has 1 N–H and O–H groups in total. The van der Waals surface area contributed by atoms with Gasteiger partial charge in [0.05, 0.1) is 12.2 Å². The molecule has 152 valence electrons. The summed E-state index contributed by atoms with van der Waals surface area (Å²) in [6.07, 6.45) is 14.5. The van der Waals surface area contributed by atoms with Crippen molar-refractivity contribution in [2.75, 3.05) is 11.9 Å². The molecule has 0 fully saturated rings. The van der Waals surface area contributed by atoms with Gasteiger partial charge in [0.1, 0.15) is 17.5 Å². The molecular weight excluding hydrogens is 390 g/mol. The first-order valence-corrected chi connectivity index (χ1v) is 10.7. The molecule has 2 aliphatic carbocycles. The molecule has 0 saturated heterocycles. The average Bonchev–Trinajstić information content (AvgIpc) is 3.12. The van der Waals surface area contributed by atoms with E-state index < -0.39 is 11.9 Å². The molecule has 29 heavy (non-hydrogen) atoms. The van der Waals surface area contributed by atoms with Gasteiger partial charge in [0, 0.05) is 4.88 Å². The van der Waals surface area contributed by atoms with Crippen LogP contribution in [0.5, 0.6) is 0 Å². The van der Waals surface area contributed by atoms with Crippen LogP contribution in [0.2, 0.25) is 0 Å². The zero-order valence-corrected chi connectivity index (χ0v) is 17.1. The van der Waals surface area contributed by atoms with Crippen LogP contribution in [0, 0.1) is 0 Å². The molecule has 0 aromatic carbocycles. The molecule has 0 bridgehead atoms. The molecule has 1 aromatic heterocycles. The summed E-state index contributed by atoms with van der Waals surface area (Å²) in [5.41, 5.74) is 2.51. The lowest BCUT2D eigenvalue weighted by Crippen LogP contribution is -2.19. The number of hydrogen-bond acceptors (Lipinski definition) is 6. The van der Waals surface area contributed by atoms with Crippen molar-refractivity contribution in [1.29, 1.82) is 0 Å². The van der Waals surface area contributed by atoms with E-state index in [1.54, 1.807) is 6.92 Å². The molecule has 1 aliphatic heterocycles. The first kappa shape index (κ1) is 19.5. The lowest BCUT2D eigenvalue weighted by atomic mass is 9.95. The van der Waals surface area contributed by atoms with Crippen molar-refractivity contribution in [1.82, 2.24) is 0 Å². The summed E-state index contributed by atoms with van der Waals surface area (Å²) >= 11 is 1.44. The molecule has 0 unspecified atom stereocenters. The molecule has 7 heteroatoms. The first-order chi connectivity index (χ1) is 14.2. The number of nitrogens with one attached hydrogen (secondary N) is 1. The summed E-state index contributed by atoms with van der Waals surface area (Å²) in [7, 11) is 0. The van der Waals surface area contributed by atoms with Gasteiger partial charge in [0.25, 0.3) is 5.91 Å². The summed E-state index contributed by atoms with van der Waals surface area (Å²) in [6, 6.07) is 0. The van der Waals surface area contributed by atoms with E-state index in [-0.39, 0.29) is 12.4 Å². The second-order valence-electron chi connectivity index (χ2n) is 6.95. The SMILES string of the molecule is CCOC(=O)c1c(NC(=O)C2=COC(C3=CC=CCC3)=CO2)sc2c1CCCC2. The molecule has 6 nitrogen and oxygen atoms in total. The monoisotopic (exact) mass is 413 g/mol. The van der Waals surface area contributed by atoms with Crippen molar-refractivity contribution >= 4 is 28.2 Å². The molecule has 1 aromatic rings. The normalized spacial score (nSPS) is 17.8. The minimum absolute atomic E-state index is 0.0434. The number of hydrogen-bond donors (Lipinski definition) is 1. The third-order valence-electron chi connectivity index (χ3n) is 5.02. The highest BCUT2D eigenvalue weighted by atomic mass is 32.1. The van der Waals surface area contributed by atoms with Crippen LogP contribution < -0.4 is 5.32 Å². The molecule has 3 aliphatic rings. The number of aryl methyl sites for hydroxylation is 1. The van der Waals surface area contributed by atoms with Gasteiger partial charge in [-0.15, -0.1) is 11.3 Å². The number of carbonyl (C=O) groups is 2. The van der Waals surface area contributed by atoms with E-state index in [0.717, 1.165) is 54.5 Å². The number of thiophene rings is 1. The highest BCUT2D eigenvalue weighted by molar-refractivity contribution is 7.17. The summed E-state index contributed by atoms with van der Waals surface area (Å²) in [5.74, 6) is -0.204. The van der Waals surface area contributed by atoms with Crippen molar-refractivity contribution < 1.29 is 23.8 Å². The Hall–Kier alpha value is -2.80. The van der Waals surface area contributed by atoms with Crippen LogP contribution in [0.15, 0.2) is 47.8 Å². The Morgan fingerprint density at radius 3 is 2.76 bits per heavy atom. The zero-order chi connectivity index (χ0) is 20.2. The summed E-state index contributed by atoms with van der Waals surface area (Å²) in [5, 5.41) is 3.34. The molecule has 0 saturated carbocycles. The fourth-order valence-electron chi connectivity index (χ4n) is 3.59. The van der Waals surface area contributed by atoms with Crippen LogP contribution >= 0.6 is 11.3 Å². The lowest BCUT2D eigenvalue weighted by Gasteiger charge is -2.17. The molecule has 4 rings (SSSR count). The van der Waals surface area contributed by atoms with Gasteiger partial charge in [-0.2, -0.15) is 0 Å². The van der Waals surface area contributed by atoms with Gasteiger partial charge in [-0.25, -0.2) is 4.79 Å². The molecule has 1 amide bonds. The van der Waals surface area contributed by atoms with Crippen molar-refractivity contribution in [3.05, 3.63) is 63.8 Å². The molecule has 2 heterocycles. The standard InChI is InChI=1S/C22H23NO5S/c1-2-26-22(25)19-15-10-6-7-11-18(15)29-21(19)23-20(24)17-13-27-16(12-28-17)14-8-4-3-5-9-14/h3-4,8,12-13H,2,5-7,9-11H2,1H3,(H,23,24). The predicted octanol–water partition coefficient (Wildman–Crippen LogP) is 4.75. The van der Waals surface area contributed by atoms with E-state index in [4.69, 9.17) is 14.2 Å². The first-order valence-electron chi connectivity index (χ1n) is 9.90. The number of fused-ring (bicyclic) bond motifs is 1. The van der Waals surface area contributed by atoms with Gasteiger partial charge in [-0.3, -0.25) is 4.79 Å². The lowest BCUT2D eigenvalue weighted by molar-refractivity contribution is -0.115. The highest BCUT2D eigenvalue weighted by Crippen LogP contribution is 2.39. The van der Waals surface area contributed by atoms with E-state index in [1.807, 2.05) is 12.2 Å². The predicted molar refractivity (Wildman–Crippen MR) is 110 cm³/mol.